The highest BCUT2D eigenvalue weighted by Gasteiger charge is 2.35. The van der Waals surface area contributed by atoms with Gasteiger partial charge in [-0.3, -0.25) is 9.69 Å². The number of halogens is 3. The van der Waals surface area contributed by atoms with Gasteiger partial charge in [0.1, 0.15) is 32.4 Å². The van der Waals surface area contributed by atoms with Crippen molar-refractivity contribution >= 4 is 17.4 Å². The number of para-hydroxylation sites is 1. The van der Waals surface area contributed by atoms with Gasteiger partial charge in [-0.1, -0.05) is 18.2 Å². The Balaban J connectivity index is 1.58. The Hall–Kier alpha value is -2.61. The highest BCUT2D eigenvalue weighted by molar-refractivity contribution is 5.95. The zero-order valence-corrected chi connectivity index (χ0v) is 16.0. The number of piperazine rings is 1. The van der Waals surface area contributed by atoms with E-state index in [0.29, 0.717) is 18.9 Å². The van der Waals surface area contributed by atoms with Gasteiger partial charge in [-0.05, 0) is 25.1 Å². The molecule has 1 aromatic carbocycles. The lowest BCUT2D eigenvalue weighted by molar-refractivity contribution is -0.914. The van der Waals surface area contributed by atoms with Crippen LogP contribution in [0.25, 0.3) is 0 Å². The Labute approximate surface area is 162 Å². The van der Waals surface area contributed by atoms with Gasteiger partial charge in [0.05, 0.1) is 5.56 Å². The van der Waals surface area contributed by atoms with Gasteiger partial charge in [0.2, 0.25) is 0 Å². The average molecular weight is 394 g/mol. The minimum absolute atomic E-state index is 0.0516. The predicted molar refractivity (Wildman–Crippen MR) is 100 cm³/mol. The van der Waals surface area contributed by atoms with Crippen LogP contribution in [0.4, 0.5) is 24.7 Å². The fourth-order valence-corrected chi connectivity index (χ4v) is 3.50. The summed E-state index contributed by atoms with van der Waals surface area (Å²) in [5, 5.41) is 0. The number of amides is 1. The molecule has 0 bridgehead atoms. The van der Waals surface area contributed by atoms with Crippen LogP contribution in [0, 0.1) is 0 Å². The van der Waals surface area contributed by atoms with Crippen LogP contribution in [0.15, 0.2) is 48.7 Å². The van der Waals surface area contributed by atoms with E-state index < -0.39 is 11.7 Å². The summed E-state index contributed by atoms with van der Waals surface area (Å²) in [7, 11) is 1.78. The van der Waals surface area contributed by atoms with Gasteiger partial charge in [0.25, 0.3) is 11.7 Å². The second kappa shape index (κ2) is 8.18. The average Bonchev–Trinajstić information content (AvgIpc) is 2.72. The van der Waals surface area contributed by atoms with Crippen molar-refractivity contribution in [2.45, 2.75) is 19.1 Å². The molecule has 1 atom stereocenters. The monoisotopic (exact) mass is 394 g/mol. The first-order valence-corrected chi connectivity index (χ1v) is 9.28. The van der Waals surface area contributed by atoms with E-state index in [-0.39, 0.29) is 11.9 Å². The number of quaternary nitrogens is 1. The van der Waals surface area contributed by atoms with Crippen LogP contribution in [0.2, 0.25) is 0 Å². The standard InChI is InChI=1S/C20H23F3N4O/c1-15(19(28)25(2)17-6-4-3-5-7-17)26-10-12-27(13-11-26)18-9-8-16(14-24-18)20(21,22)23/h3-9,14-15H,10-13H2,1-2H3/p+2/t15-/m1/s1. The molecule has 2 N–H and O–H groups in total. The van der Waals surface area contributed by atoms with Gasteiger partial charge < -0.3 is 9.80 Å². The maximum Gasteiger partial charge on any atom is 0.419 e. The summed E-state index contributed by atoms with van der Waals surface area (Å²) in [6.45, 7) is 4.75. The number of carbonyl (C=O) groups excluding carboxylic acids is 1. The molecule has 0 radical (unpaired) electrons. The molecule has 1 aliphatic heterocycles. The van der Waals surface area contributed by atoms with Crippen LogP contribution in [0.5, 0.6) is 0 Å². The maximum atomic E-state index is 12.8. The first-order chi connectivity index (χ1) is 13.3. The van der Waals surface area contributed by atoms with E-state index in [1.54, 1.807) is 11.9 Å². The third-order valence-electron chi connectivity index (χ3n) is 5.33. The molecular formula is C20H25F3N4O+2. The number of likely N-dealkylation sites (N-methyl/N-ethyl adjacent to an activating group) is 1. The van der Waals surface area contributed by atoms with Gasteiger partial charge in [0, 0.05) is 18.8 Å². The van der Waals surface area contributed by atoms with Crippen molar-refractivity contribution in [1.29, 1.82) is 0 Å². The van der Waals surface area contributed by atoms with Crippen LogP contribution in [0.1, 0.15) is 12.5 Å². The minimum atomic E-state index is -4.35. The van der Waals surface area contributed by atoms with Crippen molar-refractivity contribution in [3.8, 4) is 0 Å². The Kier molecular flexibility index (Phi) is 5.88. The quantitative estimate of drug-likeness (QED) is 0.849. The van der Waals surface area contributed by atoms with Crippen LogP contribution >= 0.6 is 0 Å². The van der Waals surface area contributed by atoms with Crippen molar-refractivity contribution in [3.05, 3.63) is 54.2 Å². The molecule has 0 unspecified atom stereocenters. The number of carbonyl (C=O) groups is 1. The number of aromatic amines is 1. The van der Waals surface area contributed by atoms with Crippen molar-refractivity contribution in [2.75, 3.05) is 43.0 Å². The second-order valence-electron chi connectivity index (χ2n) is 7.06. The molecule has 1 fully saturated rings. The number of hydrogen-bond donors (Lipinski definition) is 1. The number of hydrogen-bond acceptors (Lipinski definition) is 2. The van der Waals surface area contributed by atoms with Crippen LogP contribution in [-0.4, -0.2) is 45.2 Å². The third kappa shape index (κ3) is 4.44. The molecule has 1 saturated heterocycles. The summed E-state index contributed by atoms with van der Waals surface area (Å²) in [6.07, 6.45) is -3.35. The van der Waals surface area contributed by atoms with Crippen LogP contribution < -0.4 is 19.7 Å². The lowest BCUT2D eigenvalue weighted by atomic mass is 10.2. The molecular weight excluding hydrogens is 369 g/mol. The largest absolute Gasteiger partial charge is 0.419 e. The third-order valence-corrected chi connectivity index (χ3v) is 5.33. The second-order valence-corrected chi connectivity index (χ2v) is 7.06. The summed E-state index contributed by atoms with van der Waals surface area (Å²) in [6, 6.07) is 11.9. The van der Waals surface area contributed by atoms with Gasteiger partial charge >= 0.3 is 6.18 Å². The molecule has 1 aliphatic rings. The predicted octanol–water partition coefficient (Wildman–Crippen LogP) is 1.28. The summed E-state index contributed by atoms with van der Waals surface area (Å²) >= 11 is 0. The minimum Gasteiger partial charge on any atom is -0.318 e. The van der Waals surface area contributed by atoms with Crippen molar-refractivity contribution in [2.24, 2.45) is 0 Å². The van der Waals surface area contributed by atoms with E-state index in [9.17, 15) is 18.0 Å². The number of nitrogens with zero attached hydrogens (tertiary/aromatic N) is 2. The zero-order chi connectivity index (χ0) is 20.3. The Morgan fingerprint density at radius 3 is 2.32 bits per heavy atom. The van der Waals surface area contributed by atoms with E-state index in [2.05, 4.69) is 4.98 Å². The van der Waals surface area contributed by atoms with E-state index in [0.717, 1.165) is 31.0 Å². The Morgan fingerprint density at radius 1 is 1.14 bits per heavy atom. The van der Waals surface area contributed by atoms with E-state index in [4.69, 9.17) is 0 Å². The number of pyridine rings is 1. The van der Waals surface area contributed by atoms with Crippen LogP contribution in [0.3, 0.4) is 0 Å². The normalized spacial score (nSPS) is 16.7. The van der Waals surface area contributed by atoms with Crippen molar-refractivity contribution < 1.29 is 27.8 Å². The highest BCUT2D eigenvalue weighted by atomic mass is 19.4. The van der Waals surface area contributed by atoms with E-state index >= 15 is 0 Å². The molecule has 5 nitrogen and oxygen atoms in total. The lowest BCUT2D eigenvalue weighted by Crippen LogP contribution is -3.19. The topological polar surface area (TPSA) is 42.1 Å². The molecule has 0 saturated carbocycles. The van der Waals surface area contributed by atoms with Gasteiger partial charge in [-0.15, -0.1) is 0 Å². The maximum absolute atomic E-state index is 12.8. The lowest BCUT2D eigenvalue weighted by Gasteiger charge is -2.33. The smallest absolute Gasteiger partial charge is 0.318 e. The number of anilines is 2. The van der Waals surface area contributed by atoms with Gasteiger partial charge in [-0.25, -0.2) is 4.98 Å². The summed E-state index contributed by atoms with van der Waals surface area (Å²) in [5.41, 5.74) is 0.167. The number of aromatic nitrogens is 1. The molecule has 150 valence electrons. The fraction of sp³-hybridized carbons (Fsp3) is 0.400. The Morgan fingerprint density at radius 2 is 1.79 bits per heavy atom. The molecule has 2 heterocycles. The number of benzene rings is 1. The van der Waals surface area contributed by atoms with Gasteiger partial charge in [-0.2, -0.15) is 13.2 Å². The molecule has 3 rings (SSSR count). The first-order valence-electron chi connectivity index (χ1n) is 9.28. The molecule has 0 aliphatic carbocycles. The molecule has 1 aromatic heterocycles. The fourth-order valence-electron chi connectivity index (χ4n) is 3.50. The number of nitrogens with one attached hydrogen (secondary N) is 2. The summed E-state index contributed by atoms with van der Waals surface area (Å²) in [4.78, 5) is 20.4. The first kappa shape index (κ1) is 20.1. The zero-order valence-electron chi connectivity index (χ0n) is 16.0. The summed E-state index contributed by atoms with van der Waals surface area (Å²) < 4.78 is 38.1. The van der Waals surface area contributed by atoms with E-state index in [1.165, 1.54) is 11.0 Å². The summed E-state index contributed by atoms with van der Waals surface area (Å²) in [5.74, 6) is 0.711. The molecule has 8 heteroatoms. The molecule has 1 amide bonds. The number of H-pyrrole nitrogens is 1. The SMILES string of the molecule is C[C@H](C(=O)N(C)c1ccccc1)[NH+]1CCN(c2ccc(C(F)(F)F)c[nH+]2)CC1. The van der Waals surface area contributed by atoms with Crippen molar-refractivity contribution in [3.63, 3.8) is 0 Å². The Bertz CT molecular complexity index is 787. The van der Waals surface area contributed by atoms with Crippen molar-refractivity contribution in [1.82, 2.24) is 0 Å². The number of rotatable bonds is 4. The van der Waals surface area contributed by atoms with Crippen LogP contribution in [-0.2, 0) is 11.0 Å². The number of alkyl halides is 3. The molecule has 2 aromatic rings. The van der Waals surface area contributed by atoms with Gasteiger partial charge in [0.15, 0.2) is 6.04 Å². The molecule has 0 spiro atoms. The highest BCUT2D eigenvalue weighted by Crippen LogP contribution is 2.28. The molecule has 28 heavy (non-hydrogen) atoms. The van der Waals surface area contributed by atoms with E-state index in [1.807, 2.05) is 42.2 Å².